The van der Waals surface area contributed by atoms with Crippen LogP contribution in [0.3, 0.4) is 0 Å². The largest absolute Gasteiger partial charge is 0.378 e. The Kier molecular flexibility index (Phi) is 4.88. The van der Waals surface area contributed by atoms with Crippen molar-refractivity contribution < 1.29 is 9.53 Å². The molecule has 1 amide bonds. The average Bonchev–Trinajstić information content (AvgIpc) is 2.47. The second-order valence-corrected chi connectivity index (χ2v) is 6.08. The fourth-order valence-corrected chi connectivity index (χ4v) is 3.11. The van der Waals surface area contributed by atoms with Crippen LogP contribution in [0.2, 0.25) is 0 Å². The van der Waals surface area contributed by atoms with Crippen LogP contribution >= 0.6 is 0 Å². The predicted molar refractivity (Wildman–Crippen MR) is 81.9 cm³/mol. The van der Waals surface area contributed by atoms with E-state index in [-0.39, 0.29) is 18.0 Å². The minimum atomic E-state index is 0.124. The number of carbonyl (C=O) groups excluding carboxylic acids is 1. The minimum absolute atomic E-state index is 0.124. The van der Waals surface area contributed by atoms with E-state index in [4.69, 9.17) is 4.74 Å². The molecule has 1 aliphatic carbocycles. The molecule has 2 atom stereocenters. The molecule has 21 heavy (non-hydrogen) atoms. The van der Waals surface area contributed by atoms with Crippen molar-refractivity contribution in [2.45, 2.75) is 37.8 Å². The van der Waals surface area contributed by atoms with Gasteiger partial charge in [-0.1, -0.05) is 36.8 Å². The van der Waals surface area contributed by atoms with Gasteiger partial charge in [-0.2, -0.15) is 0 Å². The zero-order chi connectivity index (χ0) is 14.5. The highest BCUT2D eigenvalue weighted by Gasteiger charge is 2.30. The maximum absolute atomic E-state index is 12.3. The van der Waals surface area contributed by atoms with Crippen LogP contribution in [0.15, 0.2) is 30.3 Å². The molecule has 1 aromatic rings. The number of hydrogen-bond acceptors (Lipinski definition) is 3. The van der Waals surface area contributed by atoms with Crippen LogP contribution in [-0.4, -0.2) is 31.7 Å². The Bertz CT molecular complexity index is 453. The van der Waals surface area contributed by atoms with Gasteiger partial charge in [0.25, 0.3) is 0 Å². The van der Waals surface area contributed by atoms with Gasteiger partial charge in [0.15, 0.2) is 0 Å². The zero-order valence-corrected chi connectivity index (χ0v) is 12.4. The lowest BCUT2D eigenvalue weighted by molar-refractivity contribution is -0.123. The van der Waals surface area contributed by atoms with Crippen molar-refractivity contribution in [3.8, 4) is 0 Å². The van der Waals surface area contributed by atoms with E-state index in [0.29, 0.717) is 18.9 Å². The molecule has 4 heteroatoms. The summed E-state index contributed by atoms with van der Waals surface area (Å²) in [5.41, 5.74) is 1.23. The van der Waals surface area contributed by atoms with Gasteiger partial charge in [-0.15, -0.1) is 0 Å². The zero-order valence-electron chi connectivity index (χ0n) is 12.4. The quantitative estimate of drug-likeness (QED) is 0.871. The first-order valence-electron chi connectivity index (χ1n) is 7.98. The molecule has 0 spiro atoms. The average molecular weight is 288 g/mol. The lowest BCUT2D eigenvalue weighted by atomic mass is 9.77. The highest BCUT2D eigenvalue weighted by molar-refractivity contribution is 5.77. The Morgan fingerprint density at radius 3 is 2.76 bits per heavy atom. The lowest BCUT2D eigenvalue weighted by Crippen LogP contribution is -2.45. The summed E-state index contributed by atoms with van der Waals surface area (Å²) in [4.78, 5) is 12.3. The number of rotatable bonds is 5. The number of amides is 1. The van der Waals surface area contributed by atoms with Gasteiger partial charge < -0.3 is 15.4 Å². The molecular weight excluding hydrogens is 264 g/mol. The first-order valence-corrected chi connectivity index (χ1v) is 7.98. The Morgan fingerprint density at radius 1 is 1.33 bits per heavy atom. The maximum atomic E-state index is 12.3. The molecule has 0 aromatic heterocycles. The second kappa shape index (κ2) is 7.05. The van der Waals surface area contributed by atoms with Crippen LogP contribution in [0.25, 0.3) is 0 Å². The molecule has 2 fully saturated rings. The molecule has 0 radical (unpaired) electrons. The molecule has 0 bridgehead atoms. The first kappa shape index (κ1) is 14.5. The normalized spacial score (nSPS) is 24.1. The minimum Gasteiger partial charge on any atom is -0.378 e. The molecule has 1 aromatic carbocycles. The van der Waals surface area contributed by atoms with Gasteiger partial charge in [-0.3, -0.25) is 4.79 Å². The summed E-state index contributed by atoms with van der Waals surface area (Å²) in [5.74, 6) is 0.714. The van der Waals surface area contributed by atoms with Crippen molar-refractivity contribution in [3.63, 3.8) is 0 Å². The lowest BCUT2D eigenvalue weighted by Gasteiger charge is -2.35. The van der Waals surface area contributed by atoms with E-state index in [1.807, 2.05) is 18.2 Å². The Labute approximate surface area is 126 Å². The monoisotopic (exact) mass is 288 g/mol. The third-order valence-electron chi connectivity index (χ3n) is 4.53. The fraction of sp³-hybridized carbons (Fsp3) is 0.588. The van der Waals surface area contributed by atoms with Crippen molar-refractivity contribution in [2.24, 2.45) is 5.92 Å². The van der Waals surface area contributed by atoms with Crippen molar-refractivity contribution in [1.82, 2.24) is 10.6 Å². The summed E-state index contributed by atoms with van der Waals surface area (Å²) in [6.45, 7) is 2.21. The Hall–Kier alpha value is -1.39. The third kappa shape index (κ3) is 3.83. The molecule has 2 N–H and O–H groups in total. The Balaban J connectivity index is 1.60. The second-order valence-electron chi connectivity index (χ2n) is 6.08. The molecule has 2 unspecified atom stereocenters. The van der Waals surface area contributed by atoms with Crippen LogP contribution in [0.4, 0.5) is 0 Å². The van der Waals surface area contributed by atoms with E-state index in [1.54, 1.807) is 0 Å². The van der Waals surface area contributed by atoms with Gasteiger partial charge in [0.05, 0.1) is 19.3 Å². The number of ether oxygens (including phenoxy) is 1. The fourth-order valence-electron chi connectivity index (χ4n) is 3.11. The summed E-state index contributed by atoms with van der Waals surface area (Å²) in [6.07, 6.45) is 4.20. The van der Waals surface area contributed by atoms with Crippen LogP contribution < -0.4 is 10.6 Å². The number of hydrogen-bond donors (Lipinski definition) is 2. The van der Waals surface area contributed by atoms with E-state index >= 15 is 0 Å². The van der Waals surface area contributed by atoms with Gasteiger partial charge >= 0.3 is 0 Å². The standard InChI is InChI=1S/C17H24N2O2/c20-16(11-15-12-21-10-9-18-15)19-17(14-7-4-8-14)13-5-2-1-3-6-13/h1-3,5-6,14-15,17-18H,4,7-12H2,(H,19,20). The smallest absolute Gasteiger partial charge is 0.222 e. The van der Waals surface area contributed by atoms with Gasteiger partial charge in [-0.05, 0) is 24.3 Å². The molecule has 1 heterocycles. The molecule has 2 aliphatic rings. The molecule has 114 valence electrons. The van der Waals surface area contributed by atoms with Crippen molar-refractivity contribution >= 4 is 5.91 Å². The van der Waals surface area contributed by atoms with Crippen LogP contribution in [0, 0.1) is 5.92 Å². The van der Waals surface area contributed by atoms with E-state index < -0.39 is 0 Å². The number of nitrogens with one attached hydrogen (secondary N) is 2. The summed E-state index contributed by atoms with van der Waals surface area (Å²) in [5, 5.41) is 6.58. The summed E-state index contributed by atoms with van der Waals surface area (Å²) in [7, 11) is 0. The SMILES string of the molecule is O=C(CC1COCCN1)NC(c1ccccc1)C1CCC1. The number of morpholine rings is 1. The highest BCUT2D eigenvalue weighted by atomic mass is 16.5. The van der Waals surface area contributed by atoms with E-state index in [2.05, 4.69) is 22.8 Å². The number of benzene rings is 1. The van der Waals surface area contributed by atoms with Gasteiger partial charge in [0, 0.05) is 19.0 Å². The van der Waals surface area contributed by atoms with E-state index in [1.165, 1.54) is 24.8 Å². The summed E-state index contributed by atoms with van der Waals surface area (Å²) in [6, 6.07) is 10.7. The van der Waals surface area contributed by atoms with Crippen LogP contribution in [0.5, 0.6) is 0 Å². The molecule has 1 saturated heterocycles. The summed E-state index contributed by atoms with van der Waals surface area (Å²) < 4.78 is 5.41. The maximum Gasteiger partial charge on any atom is 0.222 e. The molecular formula is C17H24N2O2. The van der Waals surface area contributed by atoms with E-state index in [0.717, 1.165) is 13.2 Å². The Morgan fingerprint density at radius 2 is 2.14 bits per heavy atom. The van der Waals surface area contributed by atoms with E-state index in [9.17, 15) is 4.79 Å². The molecule has 3 rings (SSSR count). The van der Waals surface area contributed by atoms with Gasteiger partial charge in [-0.25, -0.2) is 0 Å². The summed E-state index contributed by atoms with van der Waals surface area (Å²) >= 11 is 0. The topological polar surface area (TPSA) is 50.4 Å². The van der Waals surface area contributed by atoms with Crippen LogP contribution in [0.1, 0.15) is 37.3 Å². The highest BCUT2D eigenvalue weighted by Crippen LogP contribution is 2.37. The third-order valence-corrected chi connectivity index (χ3v) is 4.53. The molecule has 1 saturated carbocycles. The van der Waals surface area contributed by atoms with Crippen molar-refractivity contribution in [2.75, 3.05) is 19.8 Å². The molecule has 1 aliphatic heterocycles. The van der Waals surface area contributed by atoms with Crippen molar-refractivity contribution in [1.29, 1.82) is 0 Å². The molecule has 4 nitrogen and oxygen atoms in total. The van der Waals surface area contributed by atoms with Crippen LogP contribution in [-0.2, 0) is 9.53 Å². The van der Waals surface area contributed by atoms with Gasteiger partial charge in [0.1, 0.15) is 0 Å². The first-order chi connectivity index (χ1) is 10.3. The number of carbonyl (C=O) groups is 1. The predicted octanol–water partition coefficient (Wildman–Crippen LogP) is 2.02. The van der Waals surface area contributed by atoms with Crippen molar-refractivity contribution in [3.05, 3.63) is 35.9 Å². The van der Waals surface area contributed by atoms with Gasteiger partial charge in [0.2, 0.25) is 5.91 Å².